The average molecular weight is 292 g/mol. The second-order valence-electron chi connectivity index (χ2n) is 5.74. The van der Waals surface area contributed by atoms with Gasteiger partial charge in [-0.1, -0.05) is 5.16 Å². The van der Waals surface area contributed by atoms with Crippen molar-refractivity contribution < 1.29 is 18.8 Å². The first kappa shape index (κ1) is 14.1. The normalized spacial score (nSPS) is 21.5. The van der Waals surface area contributed by atoms with Crippen LogP contribution in [0.1, 0.15) is 48.0 Å². The fourth-order valence-corrected chi connectivity index (χ4v) is 3.08. The van der Waals surface area contributed by atoms with Crippen molar-refractivity contribution in [2.75, 3.05) is 19.7 Å². The van der Waals surface area contributed by atoms with E-state index in [1.54, 1.807) is 4.90 Å². The number of carbonyl (C=O) groups is 2. The van der Waals surface area contributed by atoms with Gasteiger partial charge in [-0.15, -0.1) is 0 Å². The van der Waals surface area contributed by atoms with Crippen LogP contribution in [0.15, 0.2) is 4.52 Å². The van der Waals surface area contributed by atoms with Crippen LogP contribution in [0.2, 0.25) is 0 Å². The molecule has 1 aromatic heterocycles. The summed E-state index contributed by atoms with van der Waals surface area (Å²) in [6, 6.07) is 0. The third-order valence-electron chi connectivity index (χ3n) is 4.27. The van der Waals surface area contributed by atoms with Crippen LogP contribution in [-0.4, -0.2) is 41.6 Å². The highest BCUT2D eigenvalue weighted by atomic mass is 16.5. The van der Waals surface area contributed by atoms with E-state index >= 15 is 0 Å². The van der Waals surface area contributed by atoms with Crippen LogP contribution >= 0.6 is 0 Å². The molecular weight excluding hydrogens is 272 g/mol. The maximum absolute atomic E-state index is 12.1. The Hall–Kier alpha value is -1.85. The van der Waals surface area contributed by atoms with Crippen molar-refractivity contribution >= 4 is 11.9 Å². The van der Waals surface area contributed by atoms with E-state index in [-0.39, 0.29) is 18.4 Å². The van der Waals surface area contributed by atoms with E-state index in [1.165, 1.54) is 0 Å². The summed E-state index contributed by atoms with van der Waals surface area (Å²) in [5, 5.41) is 3.86. The summed E-state index contributed by atoms with van der Waals surface area (Å²) in [6.45, 7) is 3.59. The molecule has 1 amide bonds. The molecule has 0 saturated carbocycles. The number of aromatic nitrogens is 1. The lowest BCUT2D eigenvalue weighted by Gasteiger charge is -2.13. The number of nitrogens with zero attached hydrogens (tertiary/aromatic N) is 2. The van der Waals surface area contributed by atoms with Crippen LogP contribution in [-0.2, 0) is 22.4 Å². The van der Waals surface area contributed by atoms with Crippen molar-refractivity contribution in [2.24, 2.45) is 5.92 Å². The molecule has 1 aliphatic heterocycles. The summed E-state index contributed by atoms with van der Waals surface area (Å²) in [6.07, 6.45) is 4.26. The first-order chi connectivity index (χ1) is 10.2. The van der Waals surface area contributed by atoms with Gasteiger partial charge in [0, 0.05) is 37.4 Å². The van der Waals surface area contributed by atoms with Gasteiger partial charge in [-0.2, -0.15) is 0 Å². The van der Waals surface area contributed by atoms with Crippen LogP contribution in [0.3, 0.4) is 0 Å². The Morgan fingerprint density at radius 2 is 2.24 bits per heavy atom. The molecule has 1 fully saturated rings. The van der Waals surface area contributed by atoms with Gasteiger partial charge in [0.1, 0.15) is 5.76 Å². The fraction of sp³-hybridized carbons (Fsp3) is 0.667. The number of ether oxygens (including phenoxy) is 1. The van der Waals surface area contributed by atoms with Gasteiger partial charge in [-0.3, -0.25) is 4.79 Å². The lowest BCUT2D eigenvalue weighted by Crippen LogP contribution is -2.25. The molecule has 6 nitrogen and oxygen atoms in total. The average Bonchev–Trinajstić information content (AvgIpc) is 3.08. The molecule has 2 heterocycles. The Balaban J connectivity index is 1.58. The molecule has 0 N–H and O–H groups in total. The van der Waals surface area contributed by atoms with E-state index in [4.69, 9.17) is 9.26 Å². The SMILES string of the molecule is CCN1C[C@@H](COC(=O)c2noc3c2CCCC3)CC1=O. The van der Waals surface area contributed by atoms with Gasteiger partial charge in [-0.05, 0) is 26.2 Å². The maximum Gasteiger partial charge on any atom is 0.360 e. The zero-order valence-corrected chi connectivity index (χ0v) is 12.3. The second-order valence-corrected chi connectivity index (χ2v) is 5.74. The number of amides is 1. The van der Waals surface area contributed by atoms with Crippen molar-refractivity contribution in [3.63, 3.8) is 0 Å². The molecule has 0 radical (unpaired) electrons. The molecule has 2 aliphatic rings. The van der Waals surface area contributed by atoms with Crippen LogP contribution in [0.5, 0.6) is 0 Å². The van der Waals surface area contributed by atoms with E-state index in [0.29, 0.717) is 25.2 Å². The summed E-state index contributed by atoms with van der Waals surface area (Å²) in [4.78, 5) is 25.6. The van der Waals surface area contributed by atoms with E-state index < -0.39 is 5.97 Å². The molecule has 114 valence electrons. The third-order valence-corrected chi connectivity index (χ3v) is 4.27. The predicted molar refractivity (Wildman–Crippen MR) is 73.8 cm³/mol. The first-order valence-corrected chi connectivity index (χ1v) is 7.61. The molecule has 1 atom stereocenters. The number of likely N-dealkylation sites (tertiary alicyclic amines) is 1. The molecule has 0 unspecified atom stereocenters. The molecular formula is C15H20N2O4. The summed E-state index contributed by atoms with van der Waals surface area (Å²) in [5.41, 5.74) is 1.23. The Kier molecular flexibility index (Phi) is 3.94. The Bertz CT molecular complexity index is 552. The Morgan fingerprint density at radius 1 is 1.43 bits per heavy atom. The minimum Gasteiger partial charge on any atom is -0.460 e. The highest BCUT2D eigenvalue weighted by Crippen LogP contribution is 2.25. The minimum absolute atomic E-state index is 0.0872. The van der Waals surface area contributed by atoms with E-state index in [2.05, 4.69) is 5.16 Å². The molecule has 0 bridgehead atoms. The van der Waals surface area contributed by atoms with Crippen LogP contribution < -0.4 is 0 Å². The van der Waals surface area contributed by atoms with Gasteiger partial charge in [0.15, 0.2) is 5.69 Å². The monoisotopic (exact) mass is 292 g/mol. The number of esters is 1. The third kappa shape index (κ3) is 2.80. The molecule has 1 saturated heterocycles. The fourth-order valence-electron chi connectivity index (χ4n) is 3.08. The molecule has 1 aliphatic carbocycles. The lowest BCUT2D eigenvalue weighted by atomic mass is 9.96. The summed E-state index contributed by atoms with van der Waals surface area (Å²) < 4.78 is 10.6. The van der Waals surface area contributed by atoms with E-state index in [0.717, 1.165) is 37.0 Å². The van der Waals surface area contributed by atoms with E-state index in [9.17, 15) is 9.59 Å². The topological polar surface area (TPSA) is 72.6 Å². The summed E-state index contributed by atoms with van der Waals surface area (Å²) >= 11 is 0. The van der Waals surface area contributed by atoms with Crippen LogP contribution in [0, 0.1) is 5.92 Å². The van der Waals surface area contributed by atoms with Gasteiger partial charge < -0.3 is 14.2 Å². The standard InChI is InChI=1S/C15H20N2O4/c1-2-17-8-10(7-13(17)18)9-20-15(19)14-11-5-3-4-6-12(11)21-16-14/h10H,2-9H2,1H3/t10-/m0/s1. The summed E-state index contributed by atoms with van der Waals surface area (Å²) in [7, 11) is 0. The number of hydrogen-bond donors (Lipinski definition) is 0. The van der Waals surface area contributed by atoms with Crippen molar-refractivity contribution in [2.45, 2.75) is 39.0 Å². The number of aryl methyl sites for hydroxylation is 1. The van der Waals surface area contributed by atoms with Crippen LogP contribution in [0.25, 0.3) is 0 Å². The predicted octanol–water partition coefficient (Wildman–Crippen LogP) is 1.58. The number of rotatable bonds is 4. The molecule has 0 spiro atoms. The second kappa shape index (κ2) is 5.87. The highest BCUT2D eigenvalue weighted by molar-refractivity contribution is 5.89. The lowest BCUT2D eigenvalue weighted by molar-refractivity contribution is -0.127. The van der Waals surface area contributed by atoms with Crippen molar-refractivity contribution in [3.05, 3.63) is 17.0 Å². The van der Waals surface area contributed by atoms with Gasteiger partial charge in [0.2, 0.25) is 5.91 Å². The van der Waals surface area contributed by atoms with Crippen LogP contribution in [0.4, 0.5) is 0 Å². The zero-order valence-electron chi connectivity index (χ0n) is 12.3. The Labute approximate surface area is 123 Å². The zero-order chi connectivity index (χ0) is 14.8. The van der Waals surface area contributed by atoms with Gasteiger partial charge >= 0.3 is 5.97 Å². The molecule has 1 aromatic rings. The highest BCUT2D eigenvalue weighted by Gasteiger charge is 2.30. The first-order valence-electron chi connectivity index (χ1n) is 7.61. The quantitative estimate of drug-likeness (QED) is 0.788. The number of fused-ring (bicyclic) bond motifs is 1. The van der Waals surface area contributed by atoms with Gasteiger partial charge in [-0.25, -0.2) is 4.79 Å². The van der Waals surface area contributed by atoms with Crippen molar-refractivity contribution in [1.29, 1.82) is 0 Å². The molecule has 0 aromatic carbocycles. The largest absolute Gasteiger partial charge is 0.460 e. The van der Waals surface area contributed by atoms with Gasteiger partial charge in [0.25, 0.3) is 0 Å². The molecule has 6 heteroatoms. The summed E-state index contributed by atoms with van der Waals surface area (Å²) in [5.74, 6) is 0.618. The van der Waals surface area contributed by atoms with E-state index in [1.807, 2.05) is 6.92 Å². The van der Waals surface area contributed by atoms with Gasteiger partial charge in [0.05, 0.1) is 6.61 Å². The molecule has 3 rings (SSSR count). The minimum atomic E-state index is -0.427. The Morgan fingerprint density at radius 3 is 3.00 bits per heavy atom. The smallest absolute Gasteiger partial charge is 0.360 e. The maximum atomic E-state index is 12.1. The van der Waals surface area contributed by atoms with Crippen molar-refractivity contribution in [1.82, 2.24) is 10.1 Å². The van der Waals surface area contributed by atoms with Crippen molar-refractivity contribution in [3.8, 4) is 0 Å². The number of carbonyl (C=O) groups excluding carboxylic acids is 2. The number of hydrogen-bond acceptors (Lipinski definition) is 5. The molecule has 21 heavy (non-hydrogen) atoms.